The van der Waals surface area contributed by atoms with Crippen LogP contribution in [0.4, 0.5) is 4.39 Å². The van der Waals surface area contributed by atoms with Crippen LogP contribution in [-0.4, -0.2) is 32.1 Å². The molecule has 1 N–H and O–H groups in total. The highest BCUT2D eigenvalue weighted by Gasteiger charge is 2.43. The molecule has 0 amide bonds. The minimum atomic E-state index is -0.986. The highest BCUT2D eigenvalue weighted by molar-refractivity contribution is 6.32. The van der Waals surface area contributed by atoms with E-state index in [2.05, 4.69) is 5.32 Å². The monoisotopic (exact) mass is 503 g/mol. The number of benzene rings is 2. The van der Waals surface area contributed by atoms with E-state index < -0.39 is 17.7 Å². The molecule has 178 valence electrons. The Bertz CT molecular complexity index is 1190. The molecule has 8 heteroatoms. The van der Waals surface area contributed by atoms with E-state index in [0.717, 1.165) is 5.56 Å². The number of Topliss-reactive ketones (excluding diaryl/α,β-unsaturated/α-hetero) is 1. The van der Waals surface area contributed by atoms with E-state index in [1.54, 1.807) is 19.1 Å². The van der Waals surface area contributed by atoms with Gasteiger partial charge in [-0.3, -0.25) is 4.79 Å². The number of dihydropyridines is 1. The maximum Gasteiger partial charge on any atom is 0.336 e. The number of rotatable bonds is 6. The molecule has 0 unspecified atom stereocenters. The van der Waals surface area contributed by atoms with Gasteiger partial charge >= 0.3 is 5.97 Å². The molecule has 1 aliphatic heterocycles. The second-order valence-corrected chi connectivity index (χ2v) is 9.12. The minimum Gasteiger partial charge on any atom is -0.460 e. The average molecular weight is 504 g/mol. The summed E-state index contributed by atoms with van der Waals surface area (Å²) in [4.78, 5) is 26.7. The summed E-state index contributed by atoms with van der Waals surface area (Å²) in [6.45, 7) is 1.95. The van der Waals surface area contributed by atoms with Crippen molar-refractivity contribution >= 4 is 35.0 Å². The maximum atomic E-state index is 15.1. The Labute approximate surface area is 207 Å². The fourth-order valence-corrected chi connectivity index (χ4v) is 5.27. The third-order valence-electron chi connectivity index (χ3n) is 6.20. The zero-order valence-electron chi connectivity index (χ0n) is 18.8. The Balaban J connectivity index is 1.81. The van der Waals surface area contributed by atoms with Crippen molar-refractivity contribution in [3.8, 4) is 0 Å². The fraction of sp³-hybridized carbons (Fsp3) is 0.308. The van der Waals surface area contributed by atoms with Crippen molar-refractivity contribution in [2.75, 3.05) is 20.3 Å². The average Bonchev–Trinajstić information content (AvgIpc) is 2.78. The number of carbonyl (C=O) groups is 2. The lowest BCUT2D eigenvalue weighted by molar-refractivity contribution is -0.140. The molecule has 34 heavy (non-hydrogen) atoms. The summed E-state index contributed by atoms with van der Waals surface area (Å²) in [5.41, 5.74) is 2.57. The van der Waals surface area contributed by atoms with Crippen molar-refractivity contribution in [2.45, 2.75) is 31.6 Å². The Hall–Kier alpha value is -2.67. The molecule has 0 spiro atoms. The van der Waals surface area contributed by atoms with Crippen LogP contribution >= 0.6 is 23.2 Å². The summed E-state index contributed by atoms with van der Waals surface area (Å²) >= 11 is 12.8. The number of ketones is 1. The lowest BCUT2D eigenvalue weighted by Crippen LogP contribution is -2.36. The third-order valence-corrected chi connectivity index (χ3v) is 6.88. The van der Waals surface area contributed by atoms with Crippen LogP contribution in [0.5, 0.6) is 0 Å². The molecule has 2 aromatic carbocycles. The molecule has 1 heterocycles. The number of ether oxygens (including phenoxy) is 2. The van der Waals surface area contributed by atoms with Crippen LogP contribution in [0.1, 0.15) is 42.7 Å². The van der Waals surface area contributed by atoms with E-state index in [1.165, 1.54) is 19.2 Å². The Morgan fingerprint density at radius 2 is 1.82 bits per heavy atom. The van der Waals surface area contributed by atoms with Crippen LogP contribution < -0.4 is 5.32 Å². The molecule has 4 rings (SSSR count). The number of halogens is 3. The van der Waals surface area contributed by atoms with Gasteiger partial charge in [-0.25, -0.2) is 9.18 Å². The molecule has 0 fully saturated rings. The largest absolute Gasteiger partial charge is 0.460 e. The molecule has 2 aliphatic rings. The number of allylic oxidation sites excluding steroid dienone is 3. The van der Waals surface area contributed by atoms with E-state index in [1.807, 2.05) is 18.2 Å². The summed E-state index contributed by atoms with van der Waals surface area (Å²) in [6, 6.07) is 11.7. The van der Waals surface area contributed by atoms with E-state index >= 15 is 4.39 Å². The Morgan fingerprint density at radius 1 is 1.09 bits per heavy atom. The molecule has 0 saturated heterocycles. The zero-order valence-corrected chi connectivity index (χ0v) is 20.3. The Morgan fingerprint density at radius 3 is 2.53 bits per heavy atom. The van der Waals surface area contributed by atoms with Crippen LogP contribution in [0.15, 0.2) is 65.0 Å². The number of nitrogens with one attached hydrogen (secondary N) is 1. The van der Waals surface area contributed by atoms with Crippen molar-refractivity contribution in [1.29, 1.82) is 0 Å². The van der Waals surface area contributed by atoms with Crippen LogP contribution in [0.3, 0.4) is 0 Å². The number of methoxy groups -OCH3 is 1. The SMILES string of the molecule is COCCOC(=O)C1=C(C)NC2=C(C(=O)C[C@H](c3ccccc3Cl)C2)[C@@H]1c1c(F)cccc1Cl. The first-order chi connectivity index (χ1) is 16.3. The smallest absolute Gasteiger partial charge is 0.336 e. The molecule has 0 radical (unpaired) electrons. The second-order valence-electron chi connectivity index (χ2n) is 8.30. The van der Waals surface area contributed by atoms with E-state index in [4.69, 9.17) is 32.7 Å². The van der Waals surface area contributed by atoms with Gasteiger partial charge in [0, 0.05) is 46.1 Å². The van der Waals surface area contributed by atoms with Crippen molar-refractivity contribution in [3.05, 3.63) is 92.0 Å². The van der Waals surface area contributed by atoms with Crippen molar-refractivity contribution in [2.24, 2.45) is 0 Å². The molecule has 0 saturated carbocycles. The summed E-state index contributed by atoms with van der Waals surface area (Å²) in [5.74, 6) is -2.58. The molecule has 5 nitrogen and oxygen atoms in total. The summed E-state index contributed by atoms with van der Waals surface area (Å²) < 4.78 is 25.5. The predicted molar refractivity (Wildman–Crippen MR) is 128 cm³/mol. The number of hydrogen-bond acceptors (Lipinski definition) is 5. The van der Waals surface area contributed by atoms with Gasteiger partial charge in [-0.1, -0.05) is 47.5 Å². The van der Waals surface area contributed by atoms with Gasteiger partial charge in [0.05, 0.1) is 18.1 Å². The number of hydrogen-bond donors (Lipinski definition) is 1. The van der Waals surface area contributed by atoms with Gasteiger partial charge in [-0.15, -0.1) is 0 Å². The van der Waals surface area contributed by atoms with Gasteiger partial charge in [-0.05, 0) is 43.0 Å². The fourth-order valence-electron chi connectivity index (χ4n) is 4.71. The van der Waals surface area contributed by atoms with E-state index in [9.17, 15) is 9.59 Å². The lowest BCUT2D eigenvalue weighted by Gasteiger charge is -2.37. The van der Waals surface area contributed by atoms with E-state index in [-0.39, 0.29) is 47.5 Å². The van der Waals surface area contributed by atoms with Crippen molar-refractivity contribution in [1.82, 2.24) is 5.32 Å². The summed E-state index contributed by atoms with van der Waals surface area (Å²) in [5, 5.41) is 3.95. The third kappa shape index (κ3) is 4.63. The minimum absolute atomic E-state index is 0.0261. The highest BCUT2D eigenvalue weighted by Crippen LogP contribution is 2.48. The van der Waals surface area contributed by atoms with Crippen LogP contribution in [-0.2, 0) is 19.1 Å². The lowest BCUT2D eigenvalue weighted by atomic mass is 9.71. The molecule has 2 aromatic rings. The predicted octanol–water partition coefficient (Wildman–Crippen LogP) is 5.68. The Kier molecular flexibility index (Phi) is 7.41. The van der Waals surface area contributed by atoms with Crippen molar-refractivity contribution in [3.63, 3.8) is 0 Å². The molecule has 2 atom stereocenters. The highest BCUT2D eigenvalue weighted by atomic mass is 35.5. The van der Waals surface area contributed by atoms with Gasteiger partial charge in [0.15, 0.2) is 5.78 Å². The van der Waals surface area contributed by atoms with E-state index in [0.29, 0.717) is 28.4 Å². The molecular weight excluding hydrogens is 480 g/mol. The summed E-state index contributed by atoms with van der Waals surface area (Å²) in [6.07, 6.45) is 0.661. The summed E-state index contributed by atoms with van der Waals surface area (Å²) in [7, 11) is 1.50. The number of esters is 1. The second kappa shape index (κ2) is 10.3. The zero-order chi connectivity index (χ0) is 24.4. The number of carbonyl (C=O) groups excluding carboxylic acids is 2. The molecule has 1 aliphatic carbocycles. The van der Waals surface area contributed by atoms with Gasteiger partial charge in [-0.2, -0.15) is 0 Å². The standard InChI is InChI=1S/C26H24Cl2FNO4/c1-14-22(26(32)34-11-10-33-2)25(23-18(28)8-5-9-19(23)29)24-20(30-14)12-15(13-21(24)31)16-6-3-4-7-17(16)27/h3-9,15,25,30H,10-13H2,1-2H3/t15-,25+/m1/s1. The first-order valence-electron chi connectivity index (χ1n) is 10.9. The molecular formula is C26H24Cl2FNO4. The van der Waals surface area contributed by atoms with Crippen LogP contribution in [0, 0.1) is 5.82 Å². The molecule has 0 aromatic heterocycles. The molecule has 0 bridgehead atoms. The van der Waals surface area contributed by atoms with Crippen LogP contribution in [0.2, 0.25) is 10.0 Å². The normalized spacial score (nSPS) is 20.2. The maximum absolute atomic E-state index is 15.1. The topological polar surface area (TPSA) is 64.6 Å². The van der Waals surface area contributed by atoms with Crippen LogP contribution in [0.25, 0.3) is 0 Å². The van der Waals surface area contributed by atoms with Gasteiger partial charge in [0.2, 0.25) is 0 Å². The van der Waals surface area contributed by atoms with Crippen molar-refractivity contribution < 1.29 is 23.5 Å². The van der Waals surface area contributed by atoms with Gasteiger partial charge in [0.1, 0.15) is 12.4 Å². The van der Waals surface area contributed by atoms with Gasteiger partial charge < -0.3 is 14.8 Å². The first kappa shape index (κ1) is 24.5. The quantitative estimate of drug-likeness (QED) is 0.405. The first-order valence-corrected chi connectivity index (χ1v) is 11.7. The van der Waals surface area contributed by atoms with Gasteiger partial charge in [0.25, 0.3) is 0 Å².